The van der Waals surface area contributed by atoms with Gasteiger partial charge in [-0.25, -0.2) is 0 Å². The number of rotatable bonds is 1. The lowest BCUT2D eigenvalue weighted by Crippen LogP contribution is -2.46. The highest BCUT2D eigenvalue weighted by molar-refractivity contribution is 6.34. The lowest BCUT2D eigenvalue weighted by molar-refractivity contribution is -0.133. The molecule has 0 unspecified atom stereocenters. The molecule has 1 aliphatic heterocycles. The first-order chi connectivity index (χ1) is 8.70. The predicted octanol–water partition coefficient (Wildman–Crippen LogP) is 5.13. The van der Waals surface area contributed by atoms with Gasteiger partial charge in [0.1, 0.15) is 0 Å². The quantitative estimate of drug-likeness (QED) is 0.703. The topological polar surface area (TPSA) is 20.3 Å². The average molecular weight is 316 g/mol. The van der Waals surface area contributed by atoms with Gasteiger partial charge in [0.2, 0.25) is 5.91 Å². The minimum absolute atomic E-state index is 0. The molecule has 1 heterocycles. The molecule has 0 bridgehead atoms. The van der Waals surface area contributed by atoms with E-state index in [1.54, 1.807) is 6.07 Å². The van der Waals surface area contributed by atoms with Crippen LogP contribution in [0.3, 0.4) is 0 Å². The fourth-order valence-corrected chi connectivity index (χ4v) is 3.58. The van der Waals surface area contributed by atoms with E-state index in [4.69, 9.17) is 23.2 Å². The van der Waals surface area contributed by atoms with Gasteiger partial charge in [-0.05, 0) is 51.5 Å². The van der Waals surface area contributed by atoms with Crippen molar-refractivity contribution in [2.75, 3.05) is 0 Å². The van der Waals surface area contributed by atoms with E-state index in [2.05, 4.69) is 27.7 Å². The second-order valence-corrected chi connectivity index (χ2v) is 7.06. The van der Waals surface area contributed by atoms with E-state index in [1.165, 1.54) is 0 Å². The summed E-state index contributed by atoms with van der Waals surface area (Å²) in [6, 6.07) is 5.69. The summed E-state index contributed by atoms with van der Waals surface area (Å²) in [7, 11) is 0. The Balaban J connectivity index is 0.00000200. The molecule has 112 valence electrons. The third-order valence-electron chi connectivity index (χ3n) is 3.69. The average Bonchev–Trinajstić information content (AvgIpc) is 2.51. The van der Waals surface area contributed by atoms with E-state index in [1.807, 2.05) is 17.0 Å². The first kappa shape index (κ1) is 17.3. The van der Waals surface area contributed by atoms with Crippen molar-refractivity contribution < 1.29 is 4.79 Å². The molecule has 0 saturated carbocycles. The summed E-state index contributed by atoms with van der Waals surface area (Å²) in [6.07, 6.45) is 0.523. The summed E-state index contributed by atoms with van der Waals surface area (Å²) in [4.78, 5) is 14.2. The molecule has 4 heteroatoms. The lowest BCUT2D eigenvalue weighted by atomic mass is 9.92. The standard InChI is InChI=1S/C15H19Cl2NO.CH4/c1-9-13(8-14(19)18(9)15(2,3)4)10-5-11(16)7-12(17)6-10;/h5-7,9,13H,8H2,1-4H3;1H4/t9-,13-;/m0./s1. The Hall–Kier alpha value is -0.730. The summed E-state index contributed by atoms with van der Waals surface area (Å²) in [6.45, 7) is 8.29. The molecule has 2 nitrogen and oxygen atoms in total. The minimum atomic E-state index is -0.159. The largest absolute Gasteiger partial charge is 0.335 e. The highest BCUT2D eigenvalue weighted by Crippen LogP contribution is 2.39. The first-order valence-electron chi connectivity index (χ1n) is 6.48. The zero-order chi connectivity index (χ0) is 14.4. The fourth-order valence-electron chi connectivity index (χ4n) is 3.03. The van der Waals surface area contributed by atoms with Crippen LogP contribution in [0.5, 0.6) is 0 Å². The van der Waals surface area contributed by atoms with Crippen molar-refractivity contribution in [1.82, 2.24) is 4.90 Å². The third kappa shape index (κ3) is 3.29. The molecule has 0 N–H and O–H groups in total. The predicted molar refractivity (Wildman–Crippen MR) is 86.6 cm³/mol. The number of hydrogen-bond donors (Lipinski definition) is 0. The van der Waals surface area contributed by atoms with Crippen LogP contribution in [0.25, 0.3) is 0 Å². The summed E-state index contributed by atoms with van der Waals surface area (Å²) in [5, 5.41) is 1.24. The van der Waals surface area contributed by atoms with Crippen LogP contribution in [0.1, 0.15) is 53.0 Å². The number of amides is 1. The van der Waals surface area contributed by atoms with Gasteiger partial charge in [0, 0.05) is 34.0 Å². The van der Waals surface area contributed by atoms with Crippen LogP contribution in [0.15, 0.2) is 18.2 Å². The maximum absolute atomic E-state index is 12.2. The number of likely N-dealkylation sites (tertiary alicyclic amines) is 1. The summed E-state index contributed by atoms with van der Waals surface area (Å²) in [5.74, 6) is 0.351. The van der Waals surface area contributed by atoms with Gasteiger partial charge in [-0.15, -0.1) is 0 Å². The summed E-state index contributed by atoms with van der Waals surface area (Å²) < 4.78 is 0. The third-order valence-corrected chi connectivity index (χ3v) is 4.12. The van der Waals surface area contributed by atoms with Gasteiger partial charge in [0.05, 0.1) is 0 Å². The molecule has 0 radical (unpaired) electrons. The number of halogens is 2. The Labute approximate surface area is 132 Å². The molecule has 1 amide bonds. The zero-order valence-electron chi connectivity index (χ0n) is 11.7. The normalized spacial score (nSPS) is 22.9. The molecule has 1 aromatic carbocycles. The number of benzene rings is 1. The van der Waals surface area contributed by atoms with Crippen molar-refractivity contribution in [1.29, 1.82) is 0 Å². The van der Waals surface area contributed by atoms with Gasteiger partial charge in [0.15, 0.2) is 0 Å². The Morgan fingerprint density at radius 2 is 1.65 bits per heavy atom. The molecule has 2 rings (SSSR count). The number of nitrogens with zero attached hydrogens (tertiary/aromatic N) is 1. The molecule has 1 aromatic rings. The maximum Gasteiger partial charge on any atom is 0.223 e. The van der Waals surface area contributed by atoms with E-state index >= 15 is 0 Å². The van der Waals surface area contributed by atoms with E-state index in [9.17, 15) is 4.79 Å². The lowest BCUT2D eigenvalue weighted by Gasteiger charge is -2.37. The smallest absolute Gasteiger partial charge is 0.223 e. The SMILES string of the molecule is C.C[C@H]1[C@@H](c2cc(Cl)cc(Cl)c2)CC(=O)N1C(C)(C)C. The molecule has 1 aliphatic rings. The van der Waals surface area contributed by atoms with Crippen molar-refractivity contribution in [2.45, 2.75) is 59.0 Å². The minimum Gasteiger partial charge on any atom is -0.335 e. The molecule has 0 spiro atoms. The molecule has 0 aliphatic carbocycles. The summed E-state index contributed by atoms with van der Waals surface area (Å²) >= 11 is 12.1. The summed E-state index contributed by atoms with van der Waals surface area (Å²) in [5.41, 5.74) is 0.887. The van der Waals surface area contributed by atoms with Crippen LogP contribution in [0.4, 0.5) is 0 Å². The first-order valence-corrected chi connectivity index (χ1v) is 7.24. The van der Waals surface area contributed by atoms with Crippen LogP contribution in [0.2, 0.25) is 10.0 Å². The van der Waals surface area contributed by atoms with E-state index in [0.29, 0.717) is 16.5 Å². The van der Waals surface area contributed by atoms with Crippen LogP contribution < -0.4 is 0 Å². The van der Waals surface area contributed by atoms with Crippen LogP contribution in [-0.4, -0.2) is 22.4 Å². The van der Waals surface area contributed by atoms with Crippen molar-refractivity contribution in [3.05, 3.63) is 33.8 Å². The van der Waals surface area contributed by atoms with Gasteiger partial charge < -0.3 is 4.90 Å². The van der Waals surface area contributed by atoms with Gasteiger partial charge in [0.25, 0.3) is 0 Å². The van der Waals surface area contributed by atoms with Crippen LogP contribution in [-0.2, 0) is 4.79 Å². The monoisotopic (exact) mass is 315 g/mol. The second-order valence-electron chi connectivity index (χ2n) is 6.19. The van der Waals surface area contributed by atoms with Crippen molar-refractivity contribution >= 4 is 29.1 Å². The fraction of sp³-hybridized carbons (Fsp3) is 0.562. The van der Waals surface area contributed by atoms with Gasteiger partial charge in [-0.3, -0.25) is 4.79 Å². The second kappa shape index (κ2) is 5.95. The molecule has 20 heavy (non-hydrogen) atoms. The van der Waals surface area contributed by atoms with Crippen molar-refractivity contribution in [3.63, 3.8) is 0 Å². The van der Waals surface area contributed by atoms with Gasteiger partial charge in [-0.1, -0.05) is 30.6 Å². The molecular formula is C16H23Cl2NO. The zero-order valence-corrected chi connectivity index (χ0v) is 13.2. The Morgan fingerprint density at radius 1 is 1.15 bits per heavy atom. The Bertz CT molecular complexity index is 487. The van der Waals surface area contributed by atoms with Crippen LogP contribution >= 0.6 is 23.2 Å². The Kier molecular flexibility index (Phi) is 5.15. The molecule has 1 fully saturated rings. The highest BCUT2D eigenvalue weighted by atomic mass is 35.5. The molecular weight excluding hydrogens is 293 g/mol. The van der Waals surface area contributed by atoms with Crippen molar-refractivity contribution in [2.24, 2.45) is 0 Å². The Morgan fingerprint density at radius 3 is 2.05 bits per heavy atom. The van der Waals surface area contributed by atoms with Crippen molar-refractivity contribution in [3.8, 4) is 0 Å². The van der Waals surface area contributed by atoms with E-state index in [-0.39, 0.29) is 30.8 Å². The highest BCUT2D eigenvalue weighted by Gasteiger charge is 2.42. The van der Waals surface area contributed by atoms with E-state index in [0.717, 1.165) is 5.56 Å². The number of carbonyl (C=O) groups excluding carboxylic acids is 1. The molecule has 0 aromatic heterocycles. The number of hydrogen-bond acceptors (Lipinski definition) is 1. The van der Waals surface area contributed by atoms with Gasteiger partial charge in [-0.2, -0.15) is 0 Å². The van der Waals surface area contributed by atoms with Crippen LogP contribution in [0, 0.1) is 0 Å². The maximum atomic E-state index is 12.2. The molecule has 1 saturated heterocycles. The number of carbonyl (C=O) groups is 1. The van der Waals surface area contributed by atoms with E-state index < -0.39 is 0 Å². The van der Waals surface area contributed by atoms with Gasteiger partial charge >= 0.3 is 0 Å². The molecule has 2 atom stereocenters.